The van der Waals surface area contributed by atoms with Crippen LogP contribution in [0.5, 0.6) is 11.5 Å². The van der Waals surface area contributed by atoms with Crippen molar-refractivity contribution in [2.45, 2.75) is 37.9 Å². The molecule has 1 saturated heterocycles. The summed E-state index contributed by atoms with van der Waals surface area (Å²) in [4.78, 5) is 24.3. The summed E-state index contributed by atoms with van der Waals surface area (Å²) in [5.41, 5.74) is 1.66. The predicted molar refractivity (Wildman–Crippen MR) is 139 cm³/mol. The molecule has 1 aromatic carbocycles. The molecule has 1 amide bonds. The number of fused-ring (bicyclic) bond motifs is 1. The fourth-order valence-electron chi connectivity index (χ4n) is 4.10. The minimum atomic E-state index is -0.179. The van der Waals surface area contributed by atoms with Gasteiger partial charge < -0.3 is 19.7 Å². The highest BCUT2D eigenvalue weighted by Gasteiger charge is 2.20. The van der Waals surface area contributed by atoms with E-state index in [0.29, 0.717) is 24.6 Å². The van der Waals surface area contributed by atoms with Crippen LogP contribution in [0.15, 0.2) is 35.6 Å². The summed E-state index contributed by atoms with van der Waals surface area (Å²) in [7, 11) is 3.18. The van der Waals surface area contributed by atoms with Crippen molar-refractivity contribution in [1.29, 1.82) is 0 Å². The average molecular weight is 497 g/mol. The largest absolute Gasteiger partial charge is 0.493 e. The van der Waals surface area contributed by atoms with Crippen LogP contribution < -0.4 is 19.7 Å². The Hall–Kier alpha value is -3.27. The summed E-state index contributed by atoms with van der Waals surface area (Å²) in [5.74, 6) is 2.96. The number of amides is 1. The minimum Gasteiger partial charge on any atom is -0.493 e. The van der Waals surface area contributed by atoms with E-state index in [1.807, 2.05) is 29.1 Å². The second-order valence-corrected chi connectivity index (χ2v) is 9.39. The molecular formula is C25H32N6O3S. The van der Waals surface area contributed by atoms with Crippen LogP contribution in [0.4, 0.5) is 5.82 Å². The van der Waals surface area contributed by atoms with Gasteiger partial charge in [0.15, 0.2) is 22.3 Å². The van der Waals surface area contributed by atoms with Gasteiger partial charge in [-0.05, 0) is 48.8 Å². The monoisotopic (exact) mass is 496 g/mol. The summed E-state index contributed by atoms with van der Waals surface area (Å²) < 4.78 is 12.4. The SMILES string of the molecule is CCSc1nc(N2CCCCC2)c2cnn(CCNC(=O)/C=C\c3ccc(OC)c(OC)c3)c2n1. The van der Waals surface area contributed by atoms with Crippen LogP contribution in [0.1, 0.15) is 31.7 Å². The lowest BCUT2D eigenvalue weighted by Crippen LogP contribution is -2.30. The van der Waals surface area contributed by atoms with Crippen molar-refractivity contribution < 1.29 is 14.3 Å². The van der Waals surface area contributed by atoms with Gasteiger partial charge in [0.2, 0.25) is 5.91 Å². The van der Waals surface area contributed by atoms with E-state index in [9.17, 15) is 4.79 Å². The molecule has 9 nitrogen and oxygen atoms in total. The molecule has 1 N–H and O–H groups in total. The number of carbonyl (C=O) groups is 1. The second-order valence-electron chi connectivity index (χ2n) is 8.15. The van der Waals surface area contributed by atoms with Gasteiger partial charge >= 0.3 is 0 Å². The Bertz CT molecular complexity index is 1190. The van der Waals surface area contributed by atoms with Gasteiger partial charge in [-0.2, -0.15) is 5.10 Å². The van der Waals surface area contributed by atoms with Gasteiger partial charge in [0.05, 0.1) is 32.3 Å². The van der Waals surface area contributed by atoms with E-state index in [0.717, 1.165) is 46.4 Å². The Morgan fingerprint density at radius 3 is 2.69 bits per heavy atom. The molecule has 4 rings (SSSR count). The van der Waals surface area contributed by atoms with Crippen LogP contribution in [-0.4, -0.2) is 65.3 Å². The number of anilines is 1. The minimum absolute atomic E-state index is 0.179. The van der Waals surface area contributed by atoms with E-state index in [2.05, 4.69) is 22.2 Å². The molecule has 1 fully saturated rings. The lowest BCUT2D eigenvalue weighted by atomic mass is 10.1. The van der Waals surface area contributed by atoms with Crippen LogP contribution in [0.3, 0.4) is 0 Å². The molecule has 0 aliphatic carbocycles. The second kappa shape index (κ2) is 11.9. The molecule has 10 heteroatoms. The number of carbonyl (C=O) groups excluding carboxylic acids is 1. The maximum absolute atomic E-state index is 12.4. The van der Waals surface area contributed by atoms with Gasteiger partial charge in [-0.1, -0.05) is 24.8 Å². The number of thioether (sulfide) groups is 1. The van der Waals surface area contributed by atoms with Gasteiger partial charge in [-0.25, -0.2) is 14.6 Å². The summed E-state index contributed by atoms with van der Waals surface area (Å²) in [6, 6.07) is 5.50. The first-order valence-electron chi connectivity index (χ1n) is 11.9. The van der Waals surface area contributed by atoms with E-state index in [-0.39, 0.29) is 5.91 Å². The molecule has 0 saturated carbocycles. The van der Waals surface area contributed by atoms with E-state index in [1.54, 1.807) is 32.1 Å². The van der Waals surface area contributed by atoms with Crippen molar-refractivity contribution in [2.24, 2.45) is 0 Å². The van der Waals surface area contributed by atoms with E-state index < -0.39 is 0 Å². The predicted octanol–water partition coefficient (Wildman–Crippen LogP) is 3.78. The third-order valence-corrected chi connectivity index (χ3v) is 6.57. The molecule has 0 bridgehead atoms. The van der Waals surface area contributed by atoms with Crippen molar-refractivity contribution >= 4 is 40.6 Å². The first-order valence-corrected chi connectivity index (χ1v) is 12.9. The van der Waals surface area contributed by atoms with Crippen LogP contribution >= 0.6 is 11.8 Å². The maximum Gasteiger partial charge on any atom is 0.244 e. The van der Waals surface area contributed by atoms with Crippen LogP contribution in [0, 0.1) is 0 Å². The van der Waals surface area contributed by atoms with Crippen molar-refractivity contribution in [3.8, 4) is 11.5 Å². The summed E-state index contributed by atoms with van der Waals surface area (Å²) >= 11 is 1.63. The number of hydrogen-bond acceptors (Lipinski definition) is 8. The van der Waals surface area contributed by atoms with Gasteiger partial charge in [0.1, 0.15) is 5.82 Å². The first-order chi connectivity index (χ1) is 17.1. The maximum atomic E-state index is 12.4. The average Bonchev–Trinajstić information content (AvgIpc) is 3.30. The molecule has 3 aromatic rings. The molecule has 0 atom stereocenters. The standard InChI is InChI=1S/C25H32N6O3S/c1-4-35-25-28-23(30-13-6-5-7-14-30)19-17-27-31(24(19)29-25)15-12-26-22(32)11-9-18-8-10-20(33-2)21(16-18)34-3/h8-11,16-17H,4-7,12-15H2,1-3H3,(H,26,32)/b11-9-. The third-order valence-electron chi connectivity index (χ3n) is 5.84. The molecule has 3 heterocycles. The molecule has 2 aromatic heterocycles. The number of benzene rings is 1. The number of hydrogen-bond donors (Lipinski definition) is 1. The number of aromatic nitrogens is 4. The highest BCUT2D eigenvalue weighted by Crippen LogP contribution is 2.29. The summed E-state index contributed by atoms with van der Waals surface area (Å²) in [5, 5.41) is 9.22. The van der Waals surface area contributed by atoms with Crippen molar-refractivity contribution in [3.05, 3.63) is 36.0 Å². The van der Waals surface area contributed by atoms with E-state index in [4.69, 9.17) is 19.4 Å². The number of ether oxygens (including phenoxy) is 2. The molecule has 0 unspecified atom stereocenters. The molecule has 1 aliphatic heterocycles. The number of methoxy groups -OCH3 is 2. The van der Waals surface area contributed by atoms with Crippen LogP contribution in [0.25, 0.3) is 17.1 Å². The topological polar surface area (TPSA) is 94.4 Å². The molecule has 1 aliphatic rings. The number of nitrogens with one attached hydrogen (secondary N) is 1. The number of piperidine rings is 1. The smallest absolute Gasteiger partial charge is 0.244 e. The van der Waals surface area contributed by atoms with E-state index in [1.165, 1.54) is 25.3 Å². The van der Waals surface area contributed by atoms with Crippen molar-refractivity contribution in [1.82, 2.24) is 25.1 Å². The Morgan fingerprint density at radius 2 is 1.94 bits per heavy atom. The van der Waals surface area contributed by atoms with Crippen LogP contribution in [0.2, 0.25) is 0 Å². The normalized spacial score (nSPS) is 14.0. The third kappa shape index (κ3) is 6.05. The quantitative estimate of drug-likeness (QED) is 0.258. The molecule has 35 heavy (non-hydrogen) atoms. The van der Waals surface area contributed by atoms with Crippen LogP contribution in [-0.2, 0) is 11.3 Å². The Balaban J connectivity index is 1.42. The zero-order valence-corrected chi connectivity index (χ0v) is 21.3. The molecular weight excluding hydrogens is 464 g/mol. The van der Waals surface area contributed by atoms with Gasteiger partial charge in [0, 0.05) is 25.7 Å². The first kappa shape index (κ1) is 24.8. The van der Waals surface area contributed by atoms with Gasteiger partial charge in [0.25, 0.3) is 0 Å². The van der Waals surface area contributed by atoms with E-state index >= 15 is 0 Å². The Kier molecular flexibility index (Phi) is 8.46. The lowest BCUT2D eigenvalue weighted by Gasteiger charge is -2.28. The van der Waals surface area contributed by atoms with Crippen molar-refractivity contribution in [3.63, 3.8) is 0 Å². The molecule has 0 radical (unpaired) electrons. The molecule has 0 spiro atoms. The fraction of sp³-hybridized carbons (Fsp3) is 0.440. The lowest BCUT2D eigenvalue weighted by molar-refractivity contribution is -0.116. The summed E-state index contributed by atoms with van der Waals surface area (Å²) in [6.07, 6.45) is 8.72. The number of rotatable bonds is 10. The van der Waals surface area contributed by atoms with Gasteiger partial charge in [-0.15, -0.1) is 0 Å². The zero-order chi connectivity index (χ0) is 24.6. The number of nitrogens with zero attached hydrogens (tertiary/aromatic N) is 5. The highest BCUT2D eigenvalue weighted by molar-refractivity contribution is 7.99. The Morgan fingerprint density at radius 1 is 1.14 bits per heavy atom. The van der Waals surface area contributed by atoms with Crippen molar-refractivity contribution in [2.75, 3.05) is 44.5 Å². The molecule has 186 valence electrons. The summed E-state index contributed by atoms with van der Waals surface area (Å²) in [6.45, 7) is 5.07. The fourth-order valence-corrected chi connectivity index (χ4v) is 4.66. The Labute approximate surface area is 209 Å². The zero-order valence-electron chi connectivity index (χ0n) is 20.5. The highest BCUT2D eigenvalue weighted by atomic mass is 32.2. The van der Waals surface area contributed by atoms with Gasteiger partial charge in [-0.3, -0.25) is 4.79 Å².